The smallest absolute Gasteiger partial charge is 0.238 e. The Labute approximate surface area is 127 Å². The van der Waals surface area contributed by atoms with E-state index in [9.17, 15) is 9.90 Å². The average molecular weight is 305 g/mol. The van der Waals surface area contributed by atoms with Crippen molar-refractivity contribution in [3.05, 3.63) is 46.4 Å². The number of phenols is 1. The molecule has 0 radical (unpaired) electrons. The summed E-state index contributed by atoms with van der Waals surface area (Å²) in [6.07, 6.45) is 2.13. The second-order valence-electron chi connectivity index (χ2n) is 5.43. The molecule has 0 aliphatic heterocycles. The molecular weight excluding hydrogens is 286 g/mol. The highest BCUT2D eigenvalue weighted by Crippen LogP contribution is 2.22. The molecule has 6 heteroatoms. The molecule has 0 fully saturated rings. The van der Waals surface area contributed by atoms with Crippen LogP contribution in [0.25, 0.3) is 0 Å². The number of benzene rings is 1. The van der Waals surface area contributed by atoms with Crippen LogP contribution in [0.5, 0.6) is 5.75 Å². The number of hydrogen-bond donors (Lipinski definition) is 3. The summed E-state index contributed by atoms with van der Waals surface area (Å²) in [5.74, 6) is -0.0232. The van der Waals surface area contributed by atoms with Crippen molar-refractivity contribution in [2.75, 3.05) is 0 Å². The van der Waals surface area contributed by atoms with Crippen LogP contribution in [0.3, 0.4) is 0 Å². The zero-order valence-corrected chi connectivity index (χ0v) is 12.9. The van der Waals surface area contributed by atoms with E-state index in [0.29, 0.717) is 6.42 Å². The highest BCUT2D eigenvalue weighted by Gasteiger charge is 2.27. The Morgan fingerprint density at radius 2 is 2.10 bits per heavy atom. The number of nitrogens with zero attached hydrogens (tertiary/aromatic N) is 1. The third-order valence-electron chi connectivity index (χ3n) is 3.13. The number of carbonyl (C=O) groups excluding carboxylic acids is 1. The minimum absolute atomic E-state index is 0.196. The van der Waals surface area contributed by atoms with Gasteiger partial charge in [0.2, 0.25) is 5.91 Å². The van der Waals surface area contributed by atoms with Gasteiger partial charge in [0.1, 0.15) is 10.8 Å². The van der Waals surface area contributed by atoms with Crippen molar-refractivity contribution in [1.29, 1.82) is 0 Å². The lowest BCUT2D eigenvalue weighted by Crippen LogP contribution is -2.49. The number of carbonyl (C=O) groups is 1. The molecule has 0 spiro atoms. The van der Waals surface area contributed by atoms with Crippen molar-refractivity contribution in [2.24, 2.45) is 5.73 Å². The largest absolute Gasteiger partial charge is 0.508 e. The molecular formula is C15H19N3O2S. The number of aromatic hydroxyl groups is 1. The first-order valence-electron chi connectivity index (χ1n) is 6.64. The van der Waals surface area contributed by atoms with Gasteiger partial charge in [0.25, 0.3) is 0 Å². The van der Waals surface area contributed by atoms with Crippen molar-refractivity contribution in [1.82, 2.24) is 10.3 Å². The number of amides is 1. The molecule has 1 atom stereocenters. The molecule has 0 bridgehead atoms. The summed E-state index contributed by atoms with van der Waals surface area (Å²) < 4.78 is 0. The molecule has 5 nitrogen and oxygen atoms in total. The quantitative estimate of drug-likeness (QED) is 0.785. The van der Waals surface area contributed by atoms with Crippen LogP contribution in [-0.2, 0) is 16.8 Å². The summed E-state index contributed by atoms with van der Waals surface area (Å²) in [4.78, 5) is 16.4. The maximum absolute atomic E-state index is 12.2. The lowest BCUT2D eigenvalue weighted by atomic mass is 10.0. The SMILES string of the molecule is CC(C)(NC(=O)C(N)Cc1ccc(O)cc1)c1nccs1. The normalized spacial score (nSPS) is 12.9. The number of phenolic OH excluding ortho intramolecular Hbond substituents is 1. The van der Waals surface area contributed by atoms with E-state index in [2.05, 4.69) is 10.3 Å². The van der Waals surface area contributed by atoms with E-state index in [1.54, 1.807) is 30.5 Å². The monoisotopic (exact) mass is 305 g/mol. The summed E-state index contributed by atoms with van der Waals surface area (Å²) in [5, 5.41) is 14.9. The maximum atomic E-state index is 12.2. The number of hydrogen-bond acceptors (Lipinski definition) is 5. The molecule has 1 heterocycles. The predicted octanol–water partition coefficient (Wildman–Crippen LogP) is 1.77. The van der Waals surface area contributed by atoms with Gasteiger partial charge in [0.15, 0.2) is 0 Å². The maximum Gasteiger partial charge on any atom is 0.238 e. The summed E-state index contributed by atoms with van der Waals surface area (Å²) >= 11 is 1.49. The zero-order chi connectivity index (χ0) is 15.5. The van der Waals surface area contributed by atoms with Crippen molar-refractivity contribution in [2.45, 2.75) is 31.8 Å². The van der Waals surface area contributed by atoms with E-state index >= 15 is 0 Å². The molecule has 1 unspecified atom stereocenters. The van der Waals surface area contributed by atoms with Crippen molar-refractivity contribution < 1.29 is 9.90 Å². The fourth-order valence-corrected chi connectivity index (χ4v) is 2.68. The molecule has 0 saturated carbocycles. The minimum atomic E-state index is -0.645. The van der Waals surface area contributed by atoms with Crippen LogP contribution in [0.2, 0.25) is 0 Å². The fourth-order valence-electron chi connectivity index (χ4n) is 1.96. The van der Waals surface area contributed by atoms with Crippen molar-refractivity contribution in [3.8, 4) is 5.75 Å². The van der Waals surface area contributed by atoms with Crippen molar-refractivity contribution in [3.63, 3.8) is 0 Å². The Bertz CT molecular complexity index is 594. The summed E-state index contributed by atoms with van der Waals surface area (Å²) in [7, 11) is 0. The van der Waals surface area contributed by atoms with E-state index in [0.717, 1.165) is 10.6 Å². The van der Waals surface area contributed by atoms with Crippen LogP contribution in [0.1, 0.15) is 24.4 Å². The minimum Gasteiger partial charge on any atom is -0.508 e. The molecule has 0 saturated heterocycles. The van der Waals surface area contributed by atoms with Crippen LogP contribution >= 0.6 is 11.3 Å². The van der Waals surface area contributed by atoms with Crippen molar-refractivity contribution >= 4 is 17.2 Å². The third kappa shape index (κ3) is 4.03. The Kier molecular flexibility index (Phi) is 4.59. The third-order valence-corrected chi connectivity index (χ3v) is 4.23. The first-order chi connectivity index (χ1) is 9.88. The van der Waals surface area contributed by atoms with E-state index in [1.807, 2.05) is 19.2 Å². The Balaban J connectivity index is 1.98. The Morgan fingerprint density at radius 1 is 1.43 bits per heavy atom. The van der Waals surface area contributed by atoms with Gasteiger partial charge < -0.3 is 16.2 Å². The van der Waals surface area contributed by atoms with Crippen LogP contribution in [0, 0.1) is 0 Å². The van der Waals surface area contributed by atoms with E-state index in [1.165, 1.54) is 11.3 Å². The lowest BCUT2D eigenvalue weighted by Gasteiger charge is -2.25. The Hall–Kier alpha value is -1.92. The van der Waals surface area contributed by atoms with Crippen LogP contribution in [-0.4, -0.2) is 22.0 Å². The number of nitrogens with two attached hydrogens (primary N) is 1. The highest BCUT2D eigenvalue weighted by atomic mass is 32.1. The van der Waals surface area contributed by atoms with Gasteiger partial charge in [-0.25, -0.2) is 4.98 Å². The van der Waals surface area contributed by atoms with Gasteiger partial charge >= 0.3 is 0 Å². The first kappa shape index (κ1) is 15.5. The highest BCUT2D eigenvalue weighted by molar-refractivity contribution is 7.09. The average Bonchev–Trinajstić information content (AvgIpc) is 2.95. The van der Waals surface area contributed by atoms with E-state index < -0.39 is 11.6 Å². The summed E-state index contributed by atoms with van der Waals surface area (Å²) in [6, 6.07) is 6.04. The van der Waals surface area contributed by atoms with Gasteiger partial charge in [-0.15, -0.1) is 11.3 Å². The van der Waals surface area contributed by atoms with Gasteiger partial charge in [-0.1, -0.05) is 12.1 Å². The van der Waals surface area contributed by atoms with E-state index in [-0.39, 0.29) is 11.7 Å². The summed E-state index contributed by atoms with van der Waals surface area (Å²) in [6.45, 7) is 3.80. The number of rotatable bonds is 5. The van der Waals surface area contributed by atoms with Crippen LogP contribution in [0.15, 0.2) is 35.8 Å². The second kappa shape index (κ2) is 6.24. The zero-order valence-electron chi connectivity index (χ0n) is 12.0. The number of nitrogens with one attached hydrogen (secondary N) is 1. The molecule has 4 N–H and O–H groups in total. The van der Waals surface area contributed by atoms with Crippen LogP contribution < -0.4 is 11.1 Å². The Morgan fingerprint density at radius 3 is 2.67 bits per heavy atom. The molecule has 0 aliphatic carbocycles. The predicted molar refractivity (Wildman–Crippen MR) is 83.1 cm³/mol. The molecule has 21 heavy (non-hydrogen) atoms. The fraction of sp³-hybridized carbons (Fsp3) is 0.333. The molecule has 2 rings (SSSR count). The number of thiazole rings is 1. The standard InChI is InChI=1S/C15H19N3O2S/c1-15(2,14-17-7-8-21-14)18-13(20)12(16)9-10-3-5-11(19)6-4-10/h3-8,12,19H,9,16H2,1-2H3,(H,18,20). The number of aromatic nitrogens is 1. The van der Waals surface area contributed by atoms with Crippen LogP contribution in [0.4, 0.5) is 0 Å². The van der Waals surface area contributed by atoms with Gasteiger partial charge in [-0.3, -0.25) is 4.79 Å². The second-order valence-corrected chi connectivity index (χ2v) is 6.32. The van der Waals surface area contributed by atoms with Gasteiger partial charge in [-0.2, -0.15) is 0 Å². The lowest BCUT2D eigenvalue weighted by molar-refractivity contribution is -0.124. The molecule has 112 valence electrons. The molecule has 1 aromatic carbocycles. The first-order valence-corrected chi connectivity index (χ1v) is 7.52. The molecule has 0 aliphatic rings. The molecule has 1 aromatic heterocycles. The molecule has 2 aromatic rings. The van der Waals surface area contributed by atoms with Gasteiger partial charge in [0.05, 0.1) is 11.6 Å². The van der Waals surface area contributed by atoms with Gasteiger partial charge in [0, 0.05) is 11.6 Å². The molecule has 1 amide bonds. The summed E-state index contributed by atoms with van der Waals surface area (Å²) in [5.41, 5.74) is 6.32. The topological polar surface area (TPSA) is 88.2 Å². The van der Waals surface area contributed by atoms with Gasteiger partial charge in [-0.05, 0) is 38.0 Å². The van der Waals surface area contributed by atoms with E-state index in [4.69, 9.17) is 5.73 Å².